The first kappa shape index (κ1) is 18.0. The third-order valence-electron chi connectivity index (χ3n) is 4.09. The third-order valence-corrected chi connectivity index (χ3v) is 4.96. The highest BCUT2D eigenvalue weighted by atomic mass is 32.2. The summed E-state index contributed by atoms with van der Waals surface area (Å²) in [5.74, 6) is 1.71. The Labute approximate surface area is 154 Å². The number of benzene rings is 2. The summed E-state index contributed by atoms with van der Waals surface area (Å²) in [4.78, 5) is 8.76. The molecule has 1 unspecified atom stereocenters. The van der Waals surface area contributed by atoms with E-state index in [1.54, 1.807) is 14.2 Å². The highest BCUT2D eigenvalue weighted by Gasteiger charge is 2.12. The first-order valence-corrected chi connectivity index (χ1v) is 9.38. The number of fused-ring (bicyclic) bond motifs is 1. The molecule has 1 heterocycles. The lowest BCUT2D eigenvalue weighted by atomic mass is 10.0. The van der Waals surface area contributed by atoms with Crippen LogP contribution in [-0.4, -0.2) is 39.7 Å². The van der Waals surface area contributed by atoms with Gasteiger partial charge >= 0.3 is 0 Å². The number of aryl methyl sites for hydroxylation is 1. The Bertz CT molecular complexity index is 958. The highest BCUT2D eigenvalue weighted by molar-refractivity contribution is 7.98. The van der Waals surface area contributed by atoms with E-state index in [0.717, 1.165) is 33.3 Å². The van der Waals surface area contributed by atoms with Crippen LogP contribution in [-0.2, 0) is 17.2 Å². The number of nitrogens with zero attached hydrogens (tertiary/aromatic N) is 2. The maximum atomic E-state index is 11.4. The Morgan fingerprint density at radius 3 is 2.42 bits per heavy atom. The Morgan fingerprint density at radius 2 is 1.77 bits per heavy atom. The van der Waals surface area contributed by atoms with Gasteiger partial charge in [0.15, 0.2) is 11.5 Å². The van der Waals surface area contributed by atoms with Crippen LogP contribution in [0.3, 0.4) is 0 Å². The van der Waals surface area contributed by atoms with Crippen LogP contribution in [0.2, 0.25) is 0 Å². The number of methoxy groups -OCH3 is 2. The van der Waals surface area contributed by atoms with Crippen LogP contribution < -0.4 is 9.47 Å². The zero-order valence-electron chi connectivity index (χ0n) is 14.6. The quantitative estimate of drug-likeness (QED) is 0.510. The molecule has 26 heavy (non-hydrogen) atoms. The van der Waals surface area contributed by atoms with Crippen molar-refractivity contribution in [2.45, 2.75) is 6.42 Å². The van der Waals surface area contributed by atoms with Gasteiger partial charge in [0.1, 0.15) is 6.33 Å². The SMILES string of the molecule is COc1cc2ncnc(-c3ccc(CCS(=O)C=N)cc3)c2cc1OC. The second-order valence-corrected chi connectivity index (χ2v) is 7.00. The number of aromatic nitrogens is 2. The first-order valence-electron chi connectivity index (χ1n) is 8.00. The van der Waals surface area contributed by atoms with Crippen molar-refractivity contribution in [3.63, 3.8) is 0 Å². The summed E-state index contributed by atoms with van der Waals surface area (Å²) in [6.45, 7) is 0. The maximum Gasteiger partial charge on any atom is 0.162 e. The van der Waals surface area contributed by atoms with E-state index in [-0.39, 0.29) is 0 Å². The second kappa shape index (κ2) is 8.05. The summed E-state index contributed by atoms with van der Waals surface area (Å²) < 4.78 is 22.1. The van der Waals surface area contributed by atoms with Gasteiger partial charge in [0.2, 0.25) is 0 Å². The normalized spacial score (nSPS) is 11.9. The molecule has 3 aromatic rings. The Morgan fingerprint density at radius 1 is 1.08 bits per heavy atom. The molecular formula is C19H19N3O3S. The van der Waals surface area contributed by atoms with Crippen molar-refractivity contribution in [3.8, 4) is 22.8 Å². The molecule has 0 fully saturated rings. The molecule has 0 aliphatic rings. The van der Waals surface area contributed by atoms with Crippen LogP contribution in [0.25, 0.3) is 22.2 Å². The molecule has 1 aromatic heterocycles. The van der Waals surface area contributed by atoms with Gasteiger partial charge in [0.25, 0.3) is 0 Å². The molecule has 134 valence electrons. The maximum absolute atomic E-state index is 11.4. The van der Waals surface area contributed by atoms with Gasteiger partial charge < -0.3 is 9.47 Å². The van der Waals surface area contributed by atoms with Crippen molar-refractivity contribution in [2.24, 2.45) is 0 Å². The summed E-state index contributed by atoms with van der Waals surface area (Å²) in [6, 6.07) is 11.7. The first-order chi connectivity index (χ1) is 12.7. The van der Waals surface area contributed by atoms with Gasteiger partial charge in [-0.1, -0.05) is 24.3 Å². The van der Waals surface area contributed by atoms with E-state index < -0.39 is 10.8 Å². The number of hydrogen-bond donors (Lipinski definition) is 1. The van der Waals surface area contributed by atoms with Crippen LogP contribution in [0.5, 0.6) is 11.5 Å². The van der Waals surface area contributed by atoms with Crippen molar-refractivity contribution in [1.29, 1.82) is 5.41 Å². The fourth-order valence-electron chi connectivity index (χ4n) is 2.72. The van der Waals surface area contributed by atoms with E-state index in [2.05, 4.69) is 9.97 Å². The molecule has 6 nitrogen and oxygen atoms in total. The van der Waals surface area contributed by atoms with Crippen LogP contribution >= 0.6 is 0 Å². The molecule has 1 N–H and O–H groups in total. The van der Waals surface area contributed by atoms with Crippen LogP contribution in [0.4, 0.5) is 0 Å². The number of rotatable bonds is 7. The topological polar surface area (TPSA) is 85.2 Å². The Hall–Kier alpha value is -2.80. The lowest BCUT2D eigenvalue weighted by molar-refractivity contribution is 0.356. The minimum atomic E-state index is -1.20. The summed E-state index contributed by atoms with van der Waals surface area (Å²) in [5.41, 5.74) is 4.59. The zero-order chi connectivity index (χ0) is 18.5. The predicted octanol–water partition coefficient (Wildman–Crippen LogP) is 3.21. The Kier molecular flexibility index (Phi) is 5.58. The second-order valence-electron chi connectivity index (χ2n) is 5.60. The molecule has 3 rings (SSSR count). The van der Waals surface area contributed by atoms with E-state index in [4.69, 9.17) is 14.9 Å². The molecule has 0 amide bonds. The average Bonchev–Trinajstić information content (AvgIpc) is 2.70. The average molecular weight is 369 g/mol. The van der Waals surface area contributed by atoms with Gasteiger partial charge in [-0.05, 0) is 18.1 Å². The van der Waals surface area contributed by atoms with Gasteiger partial charge in [-0.3, -0.25) is 9.62 Å². The fourth-order valence-corrected chi connectivity index (χ4v) is 3.27. The number of ether oxygens (including phenoxy) is 2. The van der Waals surface area contributed by atoms with Crippen molar-refractivity contribution >= 4 is 27.2 Å². The summed E-state index contributed by atoms with van der Waals surface area (Å²) in [5, 5.41) is 7.88. The van der Waals surface area contributed by atoms with E-state index in [9.17, 15) is 4.21 Å². The molecule has 0 aliphatic carbocycles. The van der Waals surface area contributed by atoms with Gasteiger partial charge in [-0.25, -0.2) is 9.97 Å². The molecule has 0 saturated carbocycles. The van der Waals surface area contributed by atoms with Gasteiger partial charge in [0.05, 0.1) is 41.8 Å². The standard InChI is InChI=1S/C19H19N3O3S/c1-24-17-9-15-16(10-18(17)25-2)21-12-22-19(15)14-5-3-13(4-6-14)7-8-26(23)11-20/h3-6,9-12,20H,7-8H2,1-2H3. The fraction of sp³-hybridized carbons (Fsp3) is 0.211. The van der Waals surface area contributed by atoms with Gasteiger partial charge in [0, 0.05) is 22.8 Å². The third kappa shape index (κ3) is 3.72. The van der Waals surface area contributed by atoms with E-state index in [1.165, 1.54) is 6.33 Å². The summed E-state index contributed by atoms with van der Waals surface area (Å²) in [7, 11) is 1.99. The smallest absolute Gasteiger partial charge is 0.162 e. The molecule has 0 bridgehead atoms. The number of hydrogen-bond acceptors (Lipinski definition) is 6. The lowest BCUT2D eigenvalue weighted by Crippen LogP contribution is -2.01. The summed E-state index contributed by atoms with van der Waals surface area (Å²) in [6.07, 6.45) is 2.20. The van der Waals surface area contributed by atoms with Gasteiger partial charge in [-0.2, -0.15) is 0 Å². The molecule has 0 aliphatic heterocycles. The lowest BCUT2D eigenvalue weighted by Gasteiger charge is -2.11. The molecule has 0 radical (unpaired) electrons. The largest absolute Gasteiger partial charge is 0.493 e. The molecule has 1 atom stereocenters. The molecule has 0 saturated heterocycles. The zero-order valence-corrected chi connectivity index (χ0v) is 15.4. The Balaban J connectivity index is 1.97. The van der Waals surface area contributed by atoms with Crippen molar-refractivity contribution in [2.75, 3.05) is 20.0 Å². The minimum Gasteiger partial charge on any atom is -0.493 e. The molecule has 0 spiro atoms. The van der Waals surface area contributed by atoms with Crippen LogP contribution in [0.15, 0.2) is 42.7 Å². The molecule has 2 aromatic carbocycles. The van der Waals surface area contributed by atoms with Crippen molar-refractivity contribution < 1.29 is 13.7 Å². The summed E-state index contributed by atoms with van der Waals surface area (Å²) >= 11 is 0. The van der Waals surface area contributed by atoms with E-state index >= 15 is 0 Å². The van der Waals surface area contributed by atoms with Crippen molar-refractivity contribution in [1.82, 2.24) is 9.97 Å². The predicted molar refractivity (Wildman–Crippen MR) is 104 cm³/mol. The van der Waals surface area contributed by atoms with Crippen LogP contribution in [0.1, 0.15) is 5.56 Å². The van der Waals surface area contributed by atoms with Crippen molar-refractivity contribution in [3.05, 3.63) is 48.3 Å². The minimum absolute atomic E-state index is 0.455. The van der Waals surface area contributed by atoms with E-state index in [0.29, 0.717) is 23.7 Å². The van der Waals surface area contributed by atoms with Gasteiger partial charge in [-0.15, -0.1) is 0 Å². The highest BCUT2D eigenvalue weighted by Crippen LogP contribution is 2.35. The molecule has 7 heteroatoms. The number of nitrogens with one attached hydrogen (secondary N) is 1. The van der Waals surface area contributed by atoms with E-state index in [1.807, 2.05) is 36.4 Å². The van der Waals surface area contributed by atoms with Crippen LogP contribution in [0, 0.1) is 5.41 Å². The monoisotopic (exact) mass is 369 g/mol. The molecular weight excluding hydrogens is 350 g/mol.